The van der Waals surface area contributed by atoms with Gasteiger partial charge in [0, 0.05) is 13.0 Å². The third-order valence-corrected chi connectivity index (χ3v) is 3.40. The standard InChI is InChI=1S/C10H13F2NO3/c11-6-3-4-13-7(14)2-1-5(10(15)16)9(13)8(6)12/h5-6,8-9H,1-4H2,(H,15,16). The fraction of sp³-hybridized carbons (Fsp3) is 0.800. The van der Waals surface area contributed by atoms with Crippen LogP contribution in [0.2, 0.25) is 0 Å². The third kappa shape index (κ3) is 1.66. The lowest BCUT2D eigenvalue weighted by Gasteiger charge is -2.45. The molecule has 6 heteroatoms. The van der Waals surface area contributed by atoms with Gasteiger partial charge in [0.2, 0.25) is 5.91 Å². The van der Waals surface area contributed by atoms with Crippen molar-refractivity contribution in [3.63, 3.8) is 0 Å². The molecule has 2 fully saturated rings. The van der Waals surface area contributed by atoms with Gasteiger partial charge in [-0.15, -0.1) is 0 Å². The number of carboxylic acid groups (broad SMARTS) is 1. The van der Waals surface area contributed by atoms with Crippen molar-refractivity contribution in [2.75, 3.05) is 6.54 Å². The summed E-state index contributed by atoms with van der Waals surface area (Å²) in [7, 11) is 0. The molecule has 2 saturated heterocycles. The molecule has 1 N–H and O–H groups in total. The van der Waals surface area contributed by atoms with Crippen LogP contribution >= 0.6 is 0 Å². The molecule has 0 saturated carbocycles. The van der Waals surface area contributed by atoms with E-state index >= 15 is 0 Å². The van der Waals surface area contributed by atoms with E-state index in [-0.39, 0.29) is 31.7 Å². The zero-order valence-electron chi connectivity index (χ0n) is 8.60. The first-order valence-corrected chi connectivity index (χ1v) is 5.33. The molecular formula is C10H13F2NO3. The molecule has 1 amide bonds. The Hall–Kier alpha value is -1.20. The molecule has 2 aliphatic rings. The van der Waals surface area contributed by atoms with Gasteiger partial charge in [-0.3, -0.25) is 9.59 Å². The molecule has 0 radical (unpaired) electrons. The number of nitrogens with zero attached hydrogens (tertiary/aromatic N) is 1. The minimum Gasteiger partial charge on any atom is -0.481 e. The second-order valence-corrected chi connectivity index (χ2v) is 4.31. The summed E-state index contributed by atoms with van der Waals surface area (Å²) in [6, 6.07) is -1.12. The van der Waals surface area contributed by atoms with Gasteiger partial charge < -0.3 is 10.0 Å². The average molecular weight is 233 g/mol. The Balaban J connectivity index is 2.26. The second kappa shape index (κ2) is 3.99. The smallest absolute Gasteiger partial charge is 0.308 e. The maximum absolute atomic E-state index is 13.7. The van der Waals surface area contributed by atoms with Gasteiger partial charge in [-0.2, -0.15) is 0 Å². The molecular weight excluding hydrogens is 220 g/mol. The summed E-state index contributed by atoms with van der Waals surface area (Å²) in [5.41, 5.74) is 0. The molecule has 4 atom stereocenters. The van der Waals surface area contributed by atoms with Crippen LogP contribution in [0.3, 0.4) is 0 Å². The number of rotatable bonds is 1. The minimum absolute atomic E-state index is 0.0459. The van der Waals surface area contributed by atoms with Gasteiger partial charge in [0.25, 0.3) is 0 Å². The maximum Gasteiger partial charge on any atom is 0.308 e. The van der Waals surface area contributed by atoms with E-state index < -0.39 is 30.3 Å². The summed E-state index contributed by atoms with van der Waals surface area (Å²) in [5, 5.41) is 8.94. The Bertz CT molecular complexity index is 321. The molecule has 0 bridgehead atoms. The van der Waals surface area contributed by atoms with Crippen LogP contribution in [0.25, 0.3) is 0 Å². The van der Waals surface area contributed by atoms with Crippen molar-refractivity contribution in [3.8, 4) is 0 Å². The minimum atomic E-state index is -1.88. The predicted molar refractivity (Wildman–Crippen MR) is 50.3 cm³/mol. The molecule has 0 aliphatic carbocycles. The van der Waals surface area contributed by atoms with Gasteiger partial charge in [0.05, 0.1) is 12.0 Å². The Morgan fingerprint density at radius 1 is 1.38 bits per heavy atom. The SMILES string of the molecule is O=C(O)C1CCC(=O)N2CCC(F)C(F)C12. The number of aliphatic carboxylic acids is 1. The highest BCUT2D eigenvalue weighted by molar-refractivity contribution is 5.81. The number of alkyl halides is 2. The van der Waals surface area contributed by atoms with E-state index in [1.807, 2.05) is 0 Å². The van der Waals surface area contributed by atoms with Crippen LogP contribution in [0.4, 0.5) is 8.78 Å². The topological polar surface area (TPSA) is 57.6 Å². The van der Waals surface area contributed by atoms with E-state index in [0.717, 1.165) is 0 Å². The van der Waals surface area contributed by atoms with Gasteiger partial charge in [0.1, 0.15) is 6.17 Å². The summed E-state index contributed by atoms with van der Waals surface area (Å²) >= 11 is 0. The van der Waals surface area contributed by atoms with Crippen LogP contribution < -0.4 is 0 Å². The number of carbonyl (C=O) groups is 2. The predicted octanol–water partition coefficient (Wildman–Crippen LogP) is 0.758. The molecule has 2 rings (SSSR count). The number of carbonyl (C=O) groups excluding carboxylic acids is 1. The first-order valence-electron chi connectivity index (χ1n) is 5.33. The van der Waals surface area contributed by atoms with Gasteiger partial charge >= 0.3 is 5.97 Å². The van der Waals surface area contributed by atoms with E-state index in [9.17, 15) is 18.4 Å². The van der Waals surface area contributed by atoms with E-state index in [1.165, 1.54) is 4.90 Å². The highest BCUT2D eigenvalue weighted by Gasteiger charge is 2.49. The molecule has 16 heavy (non-hydrogen) atoms. The number of fused-ring (bicyclic) bond motifs is 1. The fourth-order valence-corrected chi connectivity index (χ4v) is 2.55. The van der Waals surface area contributed by atoms with Crippen molar-refractivity contribution in [1.82, 2.24) is 4.90 Å². The molecule has 90 valence electrons. The Kier molecular flexibility index (Phi) is 2.82. The number of amides is 1. The van der Waals surface area contributed by atoms with Crippen molar-refractivity contribution < 1.29 is 23.5 Å². The zero-order chi connectivity index (χ0) is 11.9. The molecule has 0 aromatic carbocycles. The Morgan fingerprint density at radius 2 is 2.06 bits per heavy atom. The Labute approximate surface area is 91.2 Å². The lowest BCUT2D eigenvalue weighted by molar-refractivity contribution is -0.159. The number of carboxylic acids is 1. The van der Waals surface area contributed by atoms with E-state index in [0.29, 0.717) is 0 Å². The molecule has 4 unspecified atom stereocenters. The van der Waals surface area contributed by atoms with Crippen molar-refractivity contribution in [2.24, 2.45) is 5.92 Å². The Morgan fingerprint density at radius 3 is 2.69 bits per heavy atom. The van der Waals surface area contributed by atoms with Gasteiger partial charge in [-0.1, -0.05) is 0 Å². The van der Waals surface area contributed by atoms with Crippen molar-refractivity contribution in [2.45, 2.75) is 37.6 Å². The molecule has 2 heterocycles. The van der Waals surface area contributed by atoms with Crippen molar-refractivity contribution >= 4 is 11.9 Å². The molecule has 0 spiro atoms. The van der Waals surface area contributed by atoms with E-state index in [4.69, 9.17) is 5.11 Å². The third-order valence-electron chi connectivity index (χ3n) is 3.40. The van der Waals surface area contributed by atoms with Gasteiger partial charge in [0.15, 0.2) is 6.17 Å². The van der Waals surface area contributed by atoms with Crippen LogP contribution in [-0.2, 0) is 9.59 Å². The number of halogens is 2. The molecule has 0 aromatic heterocycles. The molecule has 2 aliphatic heterocycles. The first-order chi connectivity index (χ1) is 7.52. The quantitative estimate of drug-likeness (QED) is 0.727. The summed E-state index contributed by atoms with van der Waals surface area (Å²) in [6.45, 7) is 0.120. The second-order valence-electron chi connectivity index (χ2n) is 4.31. The largest absolute Gasteiger partial charge is 0.481 e. The van der Waals surface area contributed by atoms with E-state index in [1.54, 1.807) is 0 Å². The summed E-state index contributed by atoms with van der Waals surface area (Å²) in [4.78, 5) is 23.6. The van der Waals surface area contributed by atoms with Gasteiger partial charge in [-0.05, 0) is 12.8 Å². The van der Waals surface area contributed by atoms with Crippen LogP contribution in [0, 0.1) is 5.92 Å². The van der Waals surface area contributed by atoms with Crippen LogP contribution in [0.1, 0.15) is 19.3 Å². The summed E-state index contributed by atoms with van der Waals surface area (Å²) in [5.74, 6) is -2.40. The summed E-state index contributed by atoms with van der Waals surface area (Å²) in [6.07, 6.45) is -3.37. The molecule has 0 aromatic rings. The first kappa shape index (κ1) is 11.3. The van der Waals surface area contributed by atoms with Crippen LogP contribution in [-0.4, -0.2) is 46.8 Å². The van der Waals surface area contributed by atoms with Crippen molar-refractivity contribution in [3.05, 3.63) is 0 Å². The monoisotopic (exact) mass is 233 g/mol. The van der Waals surface area contributed by atoms with Crippen LogP contribution in [0.15, 0.2) is 0 Å². The molecule has 4 nitrogen and oxygen atoms in total. The van der Waals surface area contributed by atoms with Gasteiger partial charge in [-0.25, -0.2) is 8.78 Å². The highest BCUT2D eigenvalue weighted by atomic mass is 19.2. The summed E-state index contributed by atoms with van der Waals surface area (Å²) < 4.78 is 26.9. The fourth-order valence-electron chi connectivity index (χ4n) is 2.55. The lowest BCUT2D eigenvalue weighted by Crippen LogP contribution is -2.60. The number of hydrogen-bond donors (Lipinski definition) is 1. The average Bonchev–Trinajstić information content (AvgIpc) is 2.23. The number of hydrogen-bond acceptors (Lipinski definition) is 2. The lowest BCUT2D eigenvalue weighted by atomic mass is 9.81. The van der Waals surface area contributed by atoms with Crippen LogP contribution in [0.5, 0.6) is 0 Å². The maximum atomic E-state index is 13.7. The normalized spacial score (nSPS) is 39.4. The highest BCUT2D eigenvalue weighted by Crippen LogP contribution is 2.34. The van der Waals surface area contributed by atoms with Crippen molar-refractivity contribution in [1.29, 1.82) is 0 Å². The number of piperidine rings is 2. The van der Waals surface area contributed by atoms with E-state index in [2.05, 4.69) is 0 Å². The zero-order valence-corrected chi connectivity index (χ0v) is 8.60.